The monoisotopic (exact) mass is 374 g/mol. The number of hydrogen-bond donors (Lipinski definition) is 0. The summed E-state index contributed by atoms with van der Waals surface area (Å²) in [4.78, 5) is 16.6. The van der Waals surface area contributed by atoms with E-state index in [9.17, 15) is 4.79 Å². The van der Waals surface area contributed by atoms with E-state index >= 15 is 0 Å². The second-order valence-electron chi connectivity index (χ2n) is 6.32. The maximum absolute atomic E-state index is 12.2. The molecule has 0 bridgehead atoms. The molecule has 0 saturated carbocycles. The van der Waals surface area contributed by atoms with E-state index in [0.717, 1.165) is 22.4 Å². The van der Waals surface area contributed by atoms with Gasteiger partial charge < -0.3 is 9.26 Å². The highest BCUT2D eigenvalue weighted by Crippen LogP contribution is 2.21. The van der Waals surface area contributed by atoms with Crippen LogP contribution in [0.25, 0.3) is 22.6 Å². The number of hydrogen-bond acceptors (Lipinski definition) is 6. The zero-order chi connectivity index (χ0) is 19.5. The minimum Gasteiger partial charge on any atom is -0.497 e. The van der Waals surface area contributed by atoms with Gasteiger partial charge in [-0.15, -0.1) is 0 Å². The molecule has 0 N–H and O–H groups in total. The number of ether oxygens (including phenoxy) is 1. The smallest absolute Gasteiger partial charge is 0.267 e. The maximum atomic E-state index is 12.2. The van der Waals surface area contributed by atoms with Gasteiger partial charge in [-0.05, 0) is 25.1 Å². The van der Waals surface area contributed by atoms with Gasteiger partial charge in [0.05, 0.1) is 12.8 Å². The summed E-state index contributed by atoms with van der Waals surface area (Å²) >= 11 is 0. The number of rotatable bonds is 5. The molecule has 0 aliphatic heterocycles. The lowest BCUT2D eigenvalue weighted by Crippen LogP contribution is -2.23. The van der Waals surface area contributed by atoms with Gasteiger partial charge >= 0.3 is 0 Å². The van der Waals surface area contributed by atoms with Crippen LogP contribution in [-0.2, 0) is 6.54 Å². The topological polar surface area (TPSA) is 83.0 Å². The van der Waals surface area contributed by atoms with Crippen molar-refractivity contribution in [3.63, 3.8) is 0 Å². The van der Waals surface area contributed by atoms with E-state index < -0.39 is 0 Å². The zero-order valence-corrected chi connectivity index (χ0v) is 15.5. The Kier molecular flexibility index (Phi) is 4.72. The molecule has 2 heterocycles. The highest BCUT2D eigenvalue weighted by atomic mass is 16.5. The van der Waals surface area contributed by atoms with Crippen molar-refractivity contribution in [3.8, 4) is 28.4 Å². The molecule has 0 spiro atoms. The van der Waals surface area contributed by atoms with Crippen LogP contribution < -0.4 is 10.3 Å². The third-order valence-corrected chi connectivity index (χ3v) is 4.30. The van der Waals surface area contributed by atoms with Crippen LogP contribution in [0.4, 0.5) is 0 Å². The van der Waals surface area contributed by atoms with E-state index in [1.807, 2.05) is 55.5 Å². The highest BCUT2D eigenvalue weighted by molar-refractivity contribution is 5.60. The molecule has 0 unspecified atom stereocenters. The lowest BCUT2D eigenvalue weighted by molar-refractivity contribution is 0.363. The average molecular weight is 374 g/mol. The van der Waals surface area contributed by atoms with Gasteiger partial charge in [0.1, 0.15) is 12.3 Å². The zero-order valence-electron chi connectivity index (χ0n) is 15.5. The Balaban J connectivity index is 1.61. The molecule has 7 heteroatoms. The van der Waals surface area contributed by atoms with Crippen LogP contribution in [0, 0.1) is 6.92 Å². The number of nitrogens with zero attached hydrogens (tertiary/aromatic N) is 4. The van der Waals surface area contributed by atoms with Crippen LogP contribution in [0.3, 0.4) is 0 Å². The van der Waals surface area contributed by atoms with Crippen molar-refractivity contribution in [1.82, 2.24) is 19.9 Å². The third kappa shape index (κ3) is 3.68. The van der Waals surface area contributed by atoms with Crippen molar-refractivity contribution in [2.45, 2.75) is 13.5 Å². The molecule has 0 aliphatic carbocycles. The van der Waals surface area contributed by atoms with Crippen molar-refractivity contribution < 1.29 is 9.26 Å². The van der Waals surface area contributed by atoms with Crippen molar-refractivity contribution in [3.05, 3.63) is 82.5 Å². The number of aryl methyl sites for hydroxylation is 1. The summed E-state index contributed by atoms with van der Waals surface area (Å²) in [6, 6.07) is 18.5. The second-order valence-corrected chi connectivity index (χ2v) is 6.32. The molecule has 2 aromatic carbocycles. The van der Waals surface area contributed by atoms with E-state index in [4.69, 9.17) is 9.26 Å². The van der Waals surface area contributed by atoms with Gasteiger partial charge in [-0.3, -0.25) is 4.79 Å². The van der Waals surface area contributed by atoms with E-state index in [-0.39, 0.29) is 12.1 Å². The molecule has 4 aromatic rings. The Morgan fingerprint density at radius 2 is 1.86 bits per heavy atom. The fourth-order valence-electron chi connectivity index (χ4n) is 2.77. The Bertz CT molecular complexity index is 1160. The molecule has 0 fully saturated rings. The normalized spacial score (nSPS) is 10.8. The summed E-state index contributed by atoms with van der Waals surface area (Å²) in [5.41, 5.74) is 3.25. The first kappa shape index (κ1) is 17.7. The first-order valence-corrected chi connectivity index (χ1v) is 8.74. The number of benzene rings is 2. The quantitative estimate of drug-likeness (QED) is 0.533. The summed E-state index contributed by atoms with van der Waals surface area (Å²) in [5, 5.41) is 8.43. The van der Waals surface area contributed by atoms with Crippen molar-refractivity contribution in [2.24, 2.45) is 0 Å². The van der Waals surface area contributed by atoms with Gasteiger partial charge in [0.2, 0.25) is 11.7 Å². The third-order valence-electron chi connectivity index (χ3n) is 4.30. The number of methoxy groups -OCH3 is 1. The van der Waals surface area contributed by atoms with Crippen LogP contribution in [0.5, 0.6) is 5.75 Å². The summed E-state index contributed by atoms with van der Waals surface area (Å²) in [6.45, 7) is 2.11. The van der Waals surface area contributed by atoms with E-state index in [2.05, 4.69) is 15.2 Å². The fourth-order valence-corrected chi connectivity index (χ4v) is 2.77. The Morgan fingerprint density at radius 3 is 2.64 bits per heavy atom. The highest BCUT2D eigenvalue weighted by Gasteiger charge is 2.11. The Hall–Kier alpha value is -3.74. The fraction of sp³-hybridized carbons (Fsp3) is 0.143. The molecule has 28 heavy (non-hydrogen) atoms. The predicted octanol–water partition coefficient (Wildman–Crippen LogP) is 3.33. The molecule has 0 amide bonds. The molecule has 0 saturated heterocycles. The van der Waals surface area contributed by atoms with E-state index in [1.165, 1.54) is 10.7 Å². The SMILES string of the molecule is COc1cccc(-c2ccc(=O)n(Cc3nc(-c4ccc(C)cc4)no3)n2)c1. The summed E-state index contributed by atoms with van der Waals surface area (Å²) < 4.78 is 11.9. The molecule has 140 valence electrons. The lowest BCUT2D eigenvalue weighted by atomic mass is 10.1. The van der Waals surface area contributed by atoms with Crippen LogP contribution in [0.1, 0.15) is 11.5 Å². The molecule has 7 nitrogen and oxygen atoms in total. The summed E-state index contributed by atoms with van der Waals surface area (Å²) in [5.74, 6) is 1.51. The lowest BCUT2D eigenvalue weighted by Gasteiger charge is -2.06. The van der Waals surface area contributed by atoms with E-state index in [1.54, 1.807) is 13.2 Å². The average Bonchev–Trinajstić information content (AvgIpc) is 3.19. The van der Waals surface area contributed by atoms with Gasteiger partial charge in [0.25, 0.3) is 5.56 Å². The van der Waals surface area contributed by atoms with E-state index in [0.29, 0.717) is 17.4 Å². The van der Waals surface area contributed by atoms with Crippen LogP contribution in [0.15, 0.2) is 70.0 Å². The van der Waals surface area contributed by atoms with Gasteiger partial charge in [-0.2, -0.15) is 10.1 Å². The second kappa shape index (κ2) is 7.48. The Morgan fingerprint density at radius 1 is 1.04 bits per heavy atom. The van der Waals surface area contributed by atoms with Gasteiger partial charge in [-0.1, -0.05) is 47.1 Å². The van der Waals surface area contributed by atoms with Gasteiger partial charge in [0, 0.05) is 17.2 Å². The van der Waals surface area contributed by atoms with Crippen LogP contribution >= 0.6 is 0 Å². The molecule has 4 rings (SSSR count). The molecular formula is C21H18N4O3. The molecular weight excluding hydrogens is 356 g/mol. The summed E-state index contributed by atoms with van der Waals surface area (Å²) in [6.07, 6.45) is 0. The van der Waals surface area contributed by atoms with Crippen molar-refractivity contribution >= 4 is 0 Å². The molecule has 0 atom stereocenters. The molecule has 2 aromatic heterocycles. The van der Waals surface area contributed by atoms with Crippen molar-refractivity contribution in [1.29, 1.82) is 0 Å². The van der Waals surface area contributed by atoms with Crippen molar-refractivity contribution in [2.75, 3.05) is 7.11 Å². The van der Waals surface area contributed by atoms with Gasteiger partial charge in [0.15, 0.2) is 0 Å². The van der Waals surface area contributed by atoms with Crippen LogP contribution in [-0.4, -0.2) is 27.0 Å². The first-order valence-electron chi connectivity index (χ1n) is 8.74. The summed E-state index contributed by atoms with van der Waals surface area (Å²) in [7, 11) is 1.61. The molecule has 0 aliphatic rings. The molecule has 0 radical (unpaired) electrons. The van der Waals surface area contributed by atoms with Gasteiger partial charge in [-0.25, -0.2) is 4.68 Å². The Labute approximate surface area is 161 Å². The predicted molar refractivity (Wildman–Crippen MR) is 104 cm³/mol. The standard InChI is InChI=1S/C21H18N4O3/c1-14-6-8-15(9-7-14)21-22-19(28-24-21)13-25-20(26)11-10-18(23-25)16-4-3-5-17(12-16)27-2/h3-12H,13H2,1-2H3. The minimum atomic E-state index is -0.248. The largest absolute Gasteiger partial charge is 0.497 e. The first-order chi connectivity index (χ1) is 13.6. The number of aromatic nitrogens is 4. The maximum Gasteiger partial charge on any atom is 0.267 e. The van der Waals surface area contributed by atoms with Crippen LogP contribution in [0.2, 0.25) is 0 Å². The minimum absolute atomic E-state index is 0.0928.